The molecule has 0 amide bonds. The Labute approximate surface area is 183 Å². The highest BCUT2D eigenvalue weighted by molar-refractivity contribution is 14.0. The molecule has 0 saturated carbocycles. The van der Waals surface area contributed by atoms with Gasteiger partial charge in [0.25, 0.3) is 0 Å². The Kier molecular flexibility index (Phi) is 9.65. The van der Waals surface area contributed by atoms with Gasteiger partial charge in [0.15, 0.2) is 11.8 Å². The minimum atomic E-state index is 0. The second kappa shape index (κ2) is 12.0. The molecule has 1 fully saturated rings. The third kappa shape index (κ3) is 6.42. The molecule has 2 aromatic rings. The fraction of sp³-hybridized carbons (Fsp3) is 0.526. The van der Waals surface area contributed by atoms with E-state index in [1.54, 1.807) is 24.2 Å². The first-order chi connectivity index (χ1) is 13.3. The van der Waals surface area contributed by atoms with Crippen molar-refractivity contribution in [1.82, 2.24) is 25.0 Å². The maximum atomic E-state index is 5.67. The number of pyridine rings is 1. The molecule has 1 aliphatic rings. The van der Waals surface area contributed by atoms with Crippen molar-refractivity contribution in [2.75, 3.05) is 47.1 Å². The highest BCUT2D eigenvalue weighted by atomic mass is 127. The standard InChI is InChI=1S/C19H28N6O2.HI/c1-20-19(24-9-5-17(14-24)15-27-11-10-26-2)22-13-16-4-7-21-18(12-16)25-8-3-6-23-25;/h3-4,6-8,12,17H,5,9-11,13-15H2,1-2H3,(H,20,22);1H. The number of ether oxygens (including phenoxy) is 2. The van der Waals surface area contributed by atoms with Crippen molar-refractivity contribution in [2.45, 2.75) is 13.0 Å². The quantitative estimate of drug-likeness (QED) is 0.259. The van der Waals surface area contributed by atoms with Crippen molar-refractivity contribution in [3.05, 3.63) is 42.4 Å². The monoisotopic (exact) mass is 500 g/mol. The number of aliphatic imine (C=N–C) groups is 1. The zero-order valence-electron chi connectivity index (χ0n) is 16.5. The molecule has 0 radical (unpaired) electrons. The summed E-state index contributed by atoms with van der Waals surface area (Å²) in [5.74, 6) is 2.27. The van der Waals surface area contributed by atoms with Gasteiger partial charge >= 0.3 is 0 Å². The maximum absolute atomic E-state index is 5.67. The summed E-state index contributed by atoms with van der Waals surface area (Å²) >= 11 is 0. The number of nitrogens with one attached hydrogen (secondary N) is 1. The van der Waals surface area contributed by atoms with Gasteiger partial charge in [0.2, 0.25) is 0 Å². The lowest BCUT2D eigenvalue weighted by Gasteiger charge is -2.22. The molecule has 8 nitrogen and oxygen atoms in total. The van der Waals surface area contributed by atoms with Gasteiger partial charge in [0.05, 0.1) is 19.8 Å². The van der Waals surface area contributed by atoms with Crippen LogP contribution in [0.3, 0.4) is 0 Å². The lowest BCUT2D eigenvalue weighted by atomic mass is 10.1. The topological polar surface area (TPSA) is 76.8 Å². The van der Waals surface area contributed by atoms with Crippen molar-refractivity contribution >= 4 is 29.9 Å². The van der Waals surface area contributed by atoms with Crippen molar-refractivity contribution in [3.63, 3.8) is 0 Å². The maximum Gasteiger partial charge on any atom is 0.193 e. The van der Waals surface area contributed by atoms with Crippen LogP contribution in [0.4, 0.5) is 0 Å². The summed E-state index contributed by atoms with van der Waals surface area (Å²) < 4.78 is 12.4. The van der Waals surface area contributed by atoms with E-state index >= 15 is 0 Å². The second-order valence-corrected chi connectivity index (χ2v) is 6.54. The van der Waals surface area contributed by atoms with Crippen LogP contribution in [0.1, 0.15) is 12.0 Å². The minimum Gasteiger partial charge on any atom is -0.382 e. The molecule has 0 bridgehead atoms. The molecule has 154 valence electrons. The molecule has 28 heavy (non-hydrogen) atoms. The van der Waals surface area contributed by atoms with Crippen molar-refractivity contribution < 1.29 is 9.47 Å². The molecule has 9 heteroatoms. The van der Waals surface area contributed by atoms with Gasteiger partial charge in [0.1, 0.15) is 0 Å². The minimum absolute atomic E-state index is 0. The molecule has 3 rings (SSSR count). The van der Waals surface area contributed by atoms with Gasteiger partial charge in [-0.15, -0.1) is 24.0 Å². The Morgan fingerprint density at radius 2 is 2.25 bits per heavy atom. The number of rotatable bonds is 8. The third-order valence-electron chi connectivity index (χ3n) is 4.58. The van der Waals surface area contributed by atoms with Gasteiger partial charge in [-0.3, -0.25) is 4.99 Å². The van der Waals surface area contributed by atoms with Gasteiger partial charge in [-0.1, -0.05) is 0 Å². The van der Waals surface area contributed by atoms with E-state index < -0.39 is 0 Å². The summed E-state index contributed by atoms with van der Waals surface area (Å²) in [5.41, 5.74) is 1.13. The SMILES string of the molecule is CN=C(NCc1ccnc(-n2cccn2)c1)N1CCC(COCCOC)C1.I. The molecular formula is C19H29IN6O2. The average molecular weight is 500 g/mol. The molecule has 0 aliphatic carbocycles. The van der Waals surface area contributed by atoms with Crippen LogP contribution in [-0.2, 0) is 16.0 Å². The van der Waals surface area contributed by atoms with Gasteiger partial charge in [-0.05, 0) is 30.2 Å². The van der Waals surface area contributed by atoms with Crippen molar-refractivity contribution in [1.29, 1.82) is 0 Å². The Balaban J connectivity index is 0.00000280. The molecule has 0 aromatic carbocycles. The second-order valence-electron chi connectivity index (χ2n) is 6.54. The molecule has 2 aromatic heterocycles. The molecule has 1 saturated heterocycles. The first-order valence-corrected chi connectivity index (χ1v) is 9.27. The summed E-state index contributed by atoms with van der Waals surface area (Å²) in [6.07, 6.45) is 6.56. The number of nitrogens with zero attached hydrogens (tertiary/aromatic N) is 5. The molecule has 0 spiro atoms. The summed E-state index contributed by atoms with van der Waals surface area (Å²) in [6, 6.07) is 5.92. The number of guanidine groups is 1. The zero-order chi connectivity index (χ0) is 18.9. The van der Waals surface area contributed by atoms with Crippen LogP contribution in [-0.4, -0.2) is 72.7 Å². The van der Waals surface area contributed by atoms with E-state index in [0.29, 0.717) is 25.7 Å². The van der Waals surface area contributed by atoms with Crippen molar-refractivity contribution in [3.8, 4) is 5.82 Å². The number of hydrogen-bond acceptors (Lipinski definition) is 5. The highest BCUT2D eigenvalue weighted by Gasteiger charge is 2.24. The van der Waals surface area contributed by atoms with Gasteiger partial charge in [0, 0.05) is 58.3 Å². The normalized spacial score (nSPS) is 16.9. The Morgan fingerprint density at radius 1 is 1.36 bits per heavy atom. The predicted molar refractivity (Wildman–Crippen MR) is 119 cm³/mol. The average Bonchev–Trinajstić information content (AvgIpc) is 3.39. The molecule has 3 heterocycles. The summed E-state index contributed by atoms with van der Waals surface area (Å²) in [5, 5.41) is 7.68. The molecule has 1 N–H and O–H groups in total. The third-order valence-corrected chi connectivity index (χ3v) is 4.58. The number of halogens is 1. The Morgan fingerprint density at radius 3 is 3.00 bits per heavy atom. The molecule has 1 unspecified atom stereocenters. The van der Waals surface area contributed by atoms with Crippen LogP contribution in [0.15, 0.2) is 41.8 Å². The zero-order valence-corrected chi connectivity index (χ0v) is 18.8. The van der Waals surface area contributed by atoms with E-state index in [4.69, 9.17) is 9.47 Å². The van der Waals surface area contributed by atoms with Gasteiger partial charge < -0.3 is 19.7 Å². The fourth-order valence-corrected chi connectivity index (χ4v) is 3.17. The lowest BCUT2D eigenvalue weighted by Crippen LogP contribution is -2.39. The summed E-state index contributed by atoms with van der Waals surface area (Å²) in [6.45, 7) is 4.71. The van der Waals surface area contributed by atoms with E-state index in [1.165, 1.54) is 0 Å². The Bertz CT molecular complexity index is 725. The van der Waals surface area contributed by atoms with Crippen molar-refractivity contribution in [2.24, 2.45) is 10.9 Å². The highest BCUT2D eigenvalue weighted by Crippen LogP contribution is 2.17. The van der Waals surface area contributed by atoms with Crippen LogP contribution in [0, 0.1) is 5.92 Å². The van der Waals surface area contributed by atoms with Crippen LogP contribution >= 0.6 is 24.0 Å². The summed E-state index contributed by atoms with van der Waals surface area (Å²) in [7, 11) is 3.52. The molecule has 1 aliphatic heterocycles. The van der Waals surface area contributed by atoms with Crippen LogP contribution in [0.25, 0.3) is 5.82 Å². The molecular weight excluding hydrogens is 471 g/mol. The number of hydrogen-bond donors (Lipinski definition) is 1. The van der Waals surface area contributed by atoms with Crippen LogP contribution in [0.5, 0.6) is 0 Å². The smallest absolute Gasteiger partial charge is 0.193 e. The fourth-order valence-electron chi connectivity index (χ4n) is 3.17. The number of likely N-dealkylation sites (tertiary alicyclic amines) is 1. The van der Waals surface area contributed by atoms with Gasteiger partial charge in [-0.25, -0.2) is 9.67 Å². The number of methoxy groups -OCH3 is 1. The van der Waals surface area contributed by atoms with E-state index in [1.807, 2.05) is 31.4 Å². The molecule has 1 atom stereocenters. The van der Waals surface area contributed by atoms with Crippen LogP contribution < -0.4 is 5.32 Å². The lowest BCUT2D eigenvalue weighted by molar-refractivity contribution is 0.0536. The summed E-state index contributed by atoms with van der Waals surface area (Å²) in [4.78, 5) is 11.1. The largest absolute Gasteiger partial charge is 0.382 e. The van der Waals surface area contributed by atoms with Gasteiger partial charge in [-0.2, -0.15) is 5.10 Å². The first-order valence-electron chi connectivity index (χ1n) is 9.27. The van der Waals surface area contributed by atoms with E-state index in [0.717, 1.165) is 43.5 Å². The van der Waals surface area contributed by atoms with Crippen LogP contribution in [0.2, 0.25) is 0 Å². The van der Waals surface area contributed by atoms with E-state index in [9.17, 15) is 0 Å². The van der Waals surface area contributed by atoms with E-state index in [2.05, 4.69) is 25.3 Å². The Hall–Kier alpha value is -1.72. The van der Waals surface area contributed by atoms with E-state index in [-0.39, 0.29) is 24.0 Å². The number of aromatic nitrogens is 3. The predicted octanol–water partition coefficient (Wildman–Crippen LogP) is 1.95. The first kappa shape index (κ1) is 22.6.